The summed E-state index contributed by atoms with van der Waals surface area (Å²) in [5.74, 6) is 0.252. The fourth-order valence-electron chi connectivity index (χ4n) is 4.09. The van der Waals surface area contributed by atoms with E-state index in [4.69, 9.17) is 0 Å². The summed E-state index contributed by atoms with van der Waals surface area (Å²) in [7, 11) is -3.82. The van der Waals surface area contributed by atoms with Gasteiger partial charge in [-0.3, -0.25) is 4.79 Å². The quantitative estimate of drug-likeness (QED) is 0.660. The molecule has 1 amide bonds. The van der Waals surface area contributed by atoms with Crippen molar-refractivity contribution in [1.29, 1.82) is 0 Å². The van der Waals surface area contributed by atoms with Crippen molar-refractivity contribution < 1.29 is 13.2 Å². The Kier molecular flexibility index (Phi) is 4.55. The Morgan fingerprint density at radius 2 is 1.77 bits per heavy atom. The first-order chi connectivity index (χ1) is 14.5. The molecule has 6 nitrogen and oxygen atoms in total. The van der Waals surface area contributed by atoms with Crippen molar-refractivity contribution in [2.24, 2.45) is 4.40 Å². The largest absolute Gasteiger partial charge is 0.328 e. The van der Waals surface area contributed by atoms with Gasteiger partial charge in [0.25, 0.3) is 15.9 Å². The second kappa shape index (κ2) is 7.25. The molecule has 1 saturated heterocycles. The number of hydrogen-bond acceptors (Lipinski definition) is 4. The third-order valence-corrected chi connectivity index (χ3v) is 6.95. The molecule has 5 rings (SSSR count). The number of carbonyl (C=O) groups is 1. The van der Waals surface area contributed by atoms with Gasteiger partial charge in [0.2, 0.25) is 0 Å². The lowest BCUT2D eigenvalue weighted by Gasteiger charge is -2.29. The fourth-order valence-corrected chi connectivity index (χ4v) is 5.38. The molecular weight excluding hydrogens is 398 g/mol. The molecule has 2 aliphatic rings. The third-order valence-electron chi connectivity index (χ3n) is 5.62. The van der Waals surface area contributed by atoms with Gasteiger partial charge in [-0.2, -0.15) is 8.42 Å². The topological polar surface area (TPSA) is 78.8 Å². The van der Waals surface area contributed by atoms with Gasteiger partial charge < -0.3 is 10.2 Å². The van der Waals surface area contributed by atoms with E-state index >= 15 is 0 Å². The van der Waals surface area contributed by atoms with Gasteiger partial charge in [0.1, 0.15) is 10.7 Å². The first-order valence-electron chi connectivity index (χ1n) is 10.1. The molecule has 0 radical (unpaired) electrons. The van der Waals surface area contributed by atoms with E-state index in [2.05, 4.69) is 9.71 Å². The summed E-state index contributed by atoms with van der Waals surface area (Å²) >= 11 is 0. The van der Waals surface area contributed by atoms with Crippen LogP contribution in [0.1, 0.15) is 36.0 Å². The number of hydrogen-bond donors (Lipinski definition) is 1. The average Bonchev–Trinajstić information content (AvgIpc) is 2.98. The van der Waals surface area contributed by atoms with Crippen LogP contribution < -0.4 is 10.2 Å². The number of nitrogens with one attached hydrogen (secondary N) is 1. The summed E-state index contributed by atoms with van der Waals surface area (Å²) in [5.41, 5.74) is 1.57. The standard InChI is InChI=1S/C23H21N3O3S/c27-23(24-19-11-9-16-6-3-4-7-17(16)14-19)18-10-12-20-21(15-18)30(28,29)25-22-8-2-1-5-13-26(20)22/h3-4,6-7,9-12,14-15H,1-2,5,8,13H2,(H,24,27). The minimum atomic E-state index is -3.82. The molecule has 152 valence electrons. The maximum Gasteiger partial charge on any atom is 0.286 e. The van der Waals surface area contributed by atoms with Gasteiger partial charge >= 0.3 is 0 Å². The van der Waals surface area contributed by atoms with Gasteiger partial charge in [0.15, 0.2) is 0 Å². The molecule has 0 spiro atoms. The van der Waals surface area contributed by atoms with Crippen molar-refractivity contribution in [3.05, 3.63) is 66.2 Å². The Morgan fingerprint density at radius 1 is 0.933 bits per heavy atom. The first kappa shape index (κ1) is 18.8. The zero-order chi connectivity index (χ0) is 20.7. The van der Waals surface area contributed by atoms with Crippen molar-refractivity contribution in [3.63, 3.8) is 0 Å². The van der Waals surface area contributed by atoms with Crippen molar-refractivity contribution in [1.82, 2.24) is 0 Å². The minimum Gasteiger partial charge on any atom is -0.328 e. The lowest BCUT2D eigenvalue weighted by atomic mass is 10.1. The van der Waals surface area contributed by atoms with Crippen LogP contribution in [-0.4, -0.2) is 26.7 Å². The summed E-state index contributed by atoms with van der Waals surface area (Å²) in [4.78, 5) is 14.9. The van der Waals surface area contributed by atoms with Gasteiger partial charge in [-0.05, 0) is 53.9 Å². The number of amides is 1. The molecule has 0 unspecified atom stereocenters. The fraction of sp³-hybridized carbons (Fsp3) is 0.217. The Bertz CT molecular complexity index is 1300. The van der Waals surface area contributed by atoms with Crippen molar-refractivity contribution in [2.45, 2.75) is 30.6 Å². The zero-order valence-corrected chi connectivity index (χ0v) is 17.2. The molecule has 1 fully saturated rings. The number of carbonyl (C=O) groups excluding carboxylic acids is 1. The van der Waals surface area contributed by atoms with Crippen LogP contribution in [0.25, 0.3) is 10.8 Å². The SMILES string of the molecule is O=C(Nc1ccc2ccccc2c1)c1ccc2c(c1)S(=O)(=O)N=C1CCCCCN12. The lowest BCUT2D eigenvalue weighted by Crippen LogP contribution is -2.35. The van der Waals surface area contributed by atoms with Crippen LogP contribution in [0, 0.1) is 0 Å². The van der Waals surface area contributed by atoms with Crippen LogP contribution in [-0.2, 0) is 10.0 Å². The highest BCUT2D eigenvalue weighted by molar-refractivity contribution is 7.90. The minimum absolute atomic E-state index is 0.0966. The number of amidine groups is 1. The van der Waals surface area contributed by atoms with E-state index in [9.17, 15) is 13.2 Å². The van der Waals surface area contributed by atoms with Crippen molar-refractivity contribution in [2.75, 3.05) is 16.8 Å². The summed E-state index contributed by atoms with van der Waals surface area (Å²) in [6, 6.07) is 18.4. The van der Waals surface area contributed by atoms with Crippen LogP contribution in [0.5, 0.6) is 0 Å². The highest BCUT2D eigenvalue weighted by Crippen LogP contribution is 2.35. The molecule has 0 saturated carbocycles. The Labute approximate surface area is 175 Å². The monoisotopic (exact) mass is 419 g/mol. The van der Waals surface area contributed by atoms with Crippen LogP contribution in [0.15, 0.2) is 70.0 Å². The predicted octanol–water partition coefficient (Wildman–Crippen LogP) is 4.57. The van der Waals surface area contributed by atoms with Crippen LogP contribution in [0.4, 0.5) is 11.4 Å². The van der Waals surface area contributed by atoms with Gasteiger partial charge in [-0.1, -0.05) is 36.8 Å². The number of nitrogens with zero attached hydrogens (tertiary/aromatic N) is 2. The molecule has 1 N–H and O–H groups in total. The number of rotatable bonds is 2. The van der Waals surface area contributed by atoms with E-state index in [1.807, 2.05) is 47.4 Å². The second-order valence-corrected chi connectivity index (χ2v) is 9.22. The molecule has 7 heteroatoms. The number of anilines is 2. The molecule has 0 aromatic heterocycles. The normalized spacial score (nSPS) is 17.5. The molecule has 3 aromatic rings. The van der Waals surface area contributed by atoms with Gasteiger partial charge in [-0.15, -0.1) is 4.40 Å². The molecule has 3 aromatic carbocycles. The van der Waals surface area contributed by atoms with E-state index in [1.165, 1.54) is 6.07 Å². The van der Waals surface area contributed by atoms with E-state index in [-0.39, 0.29) is 10.8 Å². The van der Waals surface area contributed by atoms with E-state index < -0.39 is 10.0 Å². The maximum atomic E-state index is 12.8. The first-order valence-corrected chi connectivity index (χ1v) is 11.5. The van der Waals surface area contributed by atoms with Crippen LogP contribution in [0.3, 0.4) is 0 Å². The summed E-state index contributed by atoms with van der Waals surface area (Å²) in [6.45, 7) is 0.740. The third kappa shape index (κ3) is 3.35. The van der Waals surface area contributed by atoms with Gasteiger partial charge in [0.05, 0.1) is 5.69 Å². The summed E-state index contributed by atoms with van der Waals surface area (Å²) in [6.07, 6.45) is 3.63. The smallest absolute Gasteiger partial charge is 0.286 e. The molecule has 0 atom stereocenters. The Morgan fingerprint density at radius 3 is 2.63 bits per heavy atom. The van der Waals surface area contributed by atoms with Crippen LogP contribution in [0.2, 0.25) is 0 Å². The summed E-state index contributed by atoms with van der Waals surface area (Å²) < 4.78 is 29.6. The van der Waals surface area contributed by atoms with E-state index in [1.54, 1.807) is 12.1 Å². The lowest BCUT2D eigenvalue weighted by molar-refractivity contribution is 0.102. The van der Waals surface area contributed by atoms with Crippen molar-refractivity contribution >= 4 is 43.9 Å². The molecule has 2 aliphatic heterocycles. The molecule has 0 aliphatic carbocycles. The van der Waals surface area contributed by atoms with Crippen LogP contribution >= 0.6 is 0 Å². The second-order valence-electron chi connectivity index (χ2n) is 7.64. The maximum absolute atomic E-state index is 12.8. The van der Waals surface area contributed by atoms with Gasteiger partial charge in [-0.25, -0.2) is 0 Å². The summed E-state index contributed by atoms with van der Waals surface area (Å²) in [5, 5.41) is 4.97. The highest BCUT2D eigenvalue weighted by atomic mass is 32.2. The van der Waals surface area contributed by atoms with Gasteiger partial charge in [0, 0.05) is 24.2 Å². The molecule has 2 heterocycles. The number of fused-ring (bicyclic) bond motifs is 4. The number of sulfonamides is 1. The average molecular weight is 420 g/mol. The molecule has 0 bridgehead atoms. The Balaban J connectivity index is 1.47. The highest BCUT2D eigenvalue weighted by Gasteiger charge is 2.32. The molecular formula is C23H21N3O3S. The van der Waals surface area contributed by atoms with E-state index in [0.29, 0.717) is 29.2 Å². The number of benzene rings is 3. The van der Waals surface area contributed by atoms with Crippen molar-refractivity contribution in [3.8, 4) is 0 Å². The molecule has 30 heavy (non-hydrogen) atoms. The van der Waals surface area contributed by atoms with E-state index in [0.717, 1.165) is 36.6 Å². The predicted molar refractivity (Wildman–Crippen MR) is 119 cm³/mol. The zero-order valence-electron chi connectivity index (χ0n) is 16.3. The Hall–Kier alpha value is -3.19.